The summed E-state index contributed by atoms with van der Waals surface area (Å²) in [5, 5.41) is 29.6. The fourth-order valence-electron chi connectivity index (χ4n) is 4.56. The molecule has 4 rings (SSSR count). The second kappa shape index (κ2) is 3.67. The Morgan fingerprint density at radius 1 is 1.06 bits per heavy atom. The first kappa shape index (κ1) is 11.0. The lowest BCUT2D eigenvalue weighted by Crippen LogP contribution is -2.60. The van der Waals surface area contributed by atoms with E-state index in [-0.39, 0.29) is 24.4 Å². The molecule has 1 heterocycles. The largest absolute Gasteiger partial charge is 0.396 e. The van der Waals surface area contributed by atoms with Gasteiger partial charge < -0.3 is 20.2 Å². The van der Waals surface area contributed by atoms with Gasteiger partial charge in [0.2, 0.25) is 0 Å². The van der Waals surface area contributed by atoms with Gasteiger partial charge in [0.25, 0.3) is 0 Å². The van der Waals surface area contributed by atoms with Crippen LogP contribution < -0.4 is 0 Å². The Bertz CT molecular complexity index is 281. The van der Waals surface area contributed by atoms with E-state index in [0.29, 0.717) is 11.8 Å². The van der Waals surface area contributed by atoms with Gasteiger partial charge >= 0.3 is 0 Å². The lowest BCUT2D eigenvalue weighted by atomic mass is 9.53. The molecule has 2 bridgehead atoms. The summed E-state index contributed by atoms with van der Waals surface area (Å²) in [5.74, 6) is 1.47. The van der Waals surface area contributed by atoms with Gasteiger partial charge in [-0.05, 0) is 43.1 Å². The zero-order chi connectivity index (χ0) is 11.4. The highest BCUT2D eigenvalue weighted by Crippen LogP contribution is 2.54. The third kappa shape index (κ3) is 1.30. The molecule has 92 valence electrons. The van der Waals surface area contributed by atoms with Crippen molar-refractivity contribution in [1.29, 1.82) is 0 Å². The Balaban J connectivity index is 1.92. The summed E-state index contributed by atoms with van der Waals surface area (Å²) >= 11 is 0. The molecule has 1 saturated heterocycles. The first-order valence-electron chi connectivity index (χ1n) is 6.29. The predicted molar refractivity (Wildman–Crippen MR) is 58.7 cm³/mol. The number of nitrogens with zero attached hydrogens (tertiary/aromatic N) is 1. The average Bonchev–Trinajstić information content (AvgIpc) is 2.65. The summed E-state index contributed by atoms with van der Waals surface area (Å²) < 4.78 is 0. The minimum Gasteiger partial charge on any atom is -0.396 e. The van der Waals surface area contributed by atoms with E-state index < -0.39 is 12.2 Å². The minimum atomic E-state index is -0.622. The SMILES string of the molecule is CN1C[C@@H]2[C@H]3C[C@H](CO)[C@@H]([C@H](O)[C@@H]3O)[C@H]2C1. The van der Waals surface area contributed by atoms with Crippen molar-refractivity contribution in [3.05, 3.63) is 0 Å². The molecule has 3 aliphatic carbocycles. The Labute approximate surface area is 95.9 Å². The highest BCUT2D eigenvalue weighted by Gasteiger charge is 2.58. The Morgan fingerprint density at radius 3 is 2.44 bits per heavy atom. The van der Waals surface area contributed by atoms with Gasteiger partial charge in [-0.25, -0.2) is 0 Å². The zero-order valence-electron chi connectivity index (χ0n) is 9.66. The Hall–Kier alpha value is -0.160. The second-order valence-corrected chi connectivity index (χ2v) is 5.95. The molecule has 4 heteroatoms. The number of hydrogen-bond donors (Lipinski definition) is 3. The van der Waals surface area contributed by atoms with Crippen LogP contribution in [0.4, 0.5) is 0 Å². The van der Waals surface area contributed by atoms with Crippen molar-refractivity contribution in [1.82, 2.24) is 4.90 Å². The highest BCUT2D eigenvalue weighted by atomic mass is 16.3. The van der Waals surface area contributed by atoms with Crippen molar-refractivity contribution in [3.8, 4) is 0 Å². The first-order valence-corrected chi connectivity index (χ1v) is 6.29. The van der Waals surface area contributed by atoms with E-state index in [1.807, 2.05) is 0 Å². The lowest BCUT2D eigenvalue weighted by Gasteiger charge is -2.54. The molecular formula is C12H21NO3. The van der Waals surface area contributed by atoms with Crippen LogP contribution in [0.2, 0.25) is 0 Å². The van der Waals surface area contributed by atoms with E-state index in [4.69, 9.17) is 0 Å². The van der Waals surface area contributed by atoms with Crippen molar-refractivity contribution in [2.24, 2.45) is 29.6 Å². The molecule has 0 amide bonds. The molecule has 0 unspecified atom stereocenters. The first-order chi connectivity index (χ1) is 7.63. The standard InChI is InChI=1S/C12H21NO3/c1-13-3-8-7-2-6(5-14)10(9(8)4-13)12(16)11(7)15/h6-12,14-16H,2-5H2,1H3/t6-,7-,8-,9+,10-,11-,12+/m1/s1. The van der Waals surface area contributed by atoms with Gasteiger partial charge in [-0.1, -0.05) is 0 Å². The molecule has 0 radical (unpaired) electrons. The van der Waals surface area contributed by atoms with Crippen LogP contribution in [0.1, 0.15) is 6.42 Å². The van der Waals surface area contributed by atoms with E-state index in [1.165, 1.54) is 0 Å². The topological polar surface area (TPSA) is 63.9 Å². The summed E-state index contributed by atoms with van der Waals surface area (Å²) in [4.78, 5) is 2.29. The lowest BCUT2D eigenvalue weighted by molar-refractivity contribution is -0.179. The number of hydrogen-bond acceptors (Lipinski definition) is 4. The third-order valence-corrected chi connectivity index (χ3v) is 5.18. The van der Waals surface area contributed by atoms with Crippen molar-refractivity contribution >= 4 is 0 Å². The fraction of sp³-hybridized carbons (Fsp3) is 1.00. The summed E-state index contributed by atoms with van der Waals surface area (Å²) in [7, 11) is 2.10. The molecule has 3 N–H and O–H groups in total. The van der Waals surface area contributed by atoms with E-state index in [9.17, 15) is 15.3 Å². The normalized spacial score (nSPS) is 56.6. The van der Waals surface area contributed by atoms with Gasteiger partial charge in [-0.15, -0.1) is 0 Å². The maximum absolute atomic E-state index is 10.1. The quantitative estimate of drug-likeness (QED) is 0.546. The molecule has 0 spiro atoms. The Kier molecular flexibility index (Phi) is 2.51. The van der Waals surface area contributed by atoms with Crippen molar-refractivity contribution < 1.29 is 15.3 Å². The number of aliphatic hydroxyl groups excluding tert-OH is 3. The average molecular weight is 227 g/mol. The monoisotopic (exact) mass is 227 g/mol. The maximum atomic E-state index is 10.1. The van der Waals surface area contributed by atoms with Crippen LogP contribution in [0.3, 0.4) is 0 Å². The molecule has 0 aromatic carbocycles. The van der Waals surface area contributed by atoms with Crippen LogP contribution >= 0.6 is 0 Å². The summed E-state index contributed by atoms with van der Waals surface area (Å²) in [6.45, 7) is 2.19. The van der Waals surface area contributed by atoms with Gasteiger partial charge in [0.1, 0.15) is 0 Å². The van der Waals surface area contributed by atoms with E-state index in [2.05, 4.69) is 11.9 Å². The summed E-state index contributed by atoms with van der Waals surface area (Å²) in [5.41, 5.74) is 0. The van der Waals surface area contributed by atoms with Gasteiger partial charge in [-0.2, -0.15) is 0 Å². The molecule has 4 nitrogen and oxygen atoms in total. The van der Waals surface area contributed by atoms with E-state index >= 15 is 0 Å². The molecule has 4 fully saturated rings. The van der Waals surface area contributed by atoms with E-state index in [0.717, 1.165) is 19.5 Å². The van der Waals surface area contributed by atoms with Crippen LogP contribution in [-0.2, 0) is 0 Å². The number of fused-ring (bicyclic) bond motifs is 2. The van der Waals surface area contributed by atoms with Crippen LogP contribution in [0.5, 0.6) is 0 Å². The number of aliphatic hydroxyl groups is 3. The second-order valence-electron chi connectivity index (χ2n) is 5.95. The molecule has 0 aromatic rings. The van der Waals surface area contributed by atoms with Crippen LogP contribution in [0, 0.1) is 29.6 Å². The minimum absolute atomic E-state index is 0.0972. The van der Waals surface area contributed by atoms with Gasteiger partial charge in [0.15, 0.2) is 0 Å². The number of likely N-dealkylation sites (tertiary alicyclic amines) is 1. The Morgan fingerprint density at radius 2 is 1.75 bits per heavy atom. The van der Waals surface area contributed by atoms with Crippen molar-refractivity contribution in [2.45, 2.75) is 18.6 Å². The number of rotatable bonds is 1. The maximum Gasteiger partial charge on any atom is 0.0836 e. The molecular weight excluding hydrogens is 206 g/mol. The van der Waals surface area contributed by atoms with Crippen LogP contribution in [-0.4, -0.2) is 59.2 Å². The van der Waals surface area contributed by atoms with Crippen LogP contribution in [0.25, 0.3) is 0 Å². The van der Waals surface area contributed by atoms with Gasteiger partial charge in [-0.3, -0.25) is 0 Å². The van der Waals surface area contributed by atoms with E-state index in [1.54, 1.807) is 0 Å². The molecule has 0 aromatic heterocycles. The van der Waals surface area contributed by atoms with Gasteiger partial charge in [0.05, 0.1) is 12.2 Å². The van der Waals surface area contributed by atoms with Crippen molar-refractivity contribution in [3.63, 3.8) is 0 Å². The molecule has 1 aliphatic heterocycles. The van der Waals surface area contributed by atoms with Crippen molar-refractivity contribution in [2.75, 3.05) is 26.7 Å². The fourth-order valence-corrected chi connectivity index (χ4v) is 4.56. The molecule has 4 aliphatic rings. The van der Waals surface area contributed by atoms with Gasteiger partial charge in [0, 0.05) is 19.7 Å². The molecule has 3 saturated carbocycles. The molecule has 16 heavy (non-hydrogen) atoms. The highest BCUT2D eigenvalue weighted by molar-refractivity contribution is 5.08. The smallest absolute Gasteiger partial charge is 0.0836 e. The summed E-state index contributed by atoms with van der Waals surface area (Å²) in [6.07, 6.45) is -0.307. The predicted octanol–water partition coefficient (Wildman–Crippen LogP) is -0.856. The third-order valence-electron chi connectivity index (χ3n) is 5.18. The zero-order valence-corrected chi connectivity index (χ0v) is 9.66. The summed E-state index contributed by atoms with van der Waals surface area (Å²) in [6, 6.07) is 0. The van der Waals surface area contributed by atoms with Crippen LogP contribution in [0.15, 0.2) is 0 Å². The molecule has 7 atom stereocenters.